The lowest BCUT2D eigenvalue weighted by molar-refractivity contribution is 0.175. The molecule has 1 aliphatic heterocycles. The van der Waals surface area contributed by atoms with Crippen molar-refractivity contribution in [3.8, 4) is 0 Å². The van der Waals surface area contributed by atoms with Gasteiger partial charge in [0.2, 0.25) is 0 Å². The third kappa shape index (κ3) is 4.86. The van der Waals surface area contributed by atoms with Gasteiger partial charge >= 0.3 is 6.09 Å². The molecular formula is C24H30N4O5S. The molecule has 1 aromatic carbocycles. The van der Waals surface area contributed by atoms with Gasteiger partial charge < -0.3 is 13.9 Å². The lowest BCUT2D eigenvalue weighted by Crippen LogP contribution is -2.42. The van der Waals surface area contributed by atoms with Crippen LogP contribution in [0.3, 0.4) is 0 Å². The first-order chi connectivity index (χ1) is 16.2. The van der Waals surface area contributed by atoms with Crippen LogP contribution in [0.1, 0.15) is 31.2 Å². The molecule has 1 aliphatic rings. The highest BCUT2D eigenvalue weighted by Gasteiger charge is 2.31. The van der Waals surface area contributed by atoms with Crippen LogP contribution in [0.15, 0.2) is 41.3 Å². The number of carbonyl (C=O) groups excluding carboxylic acids is 1. The number of fused-ring (bicyclic) bond motifs is 3. The molecule has 0 spiro atoms. The van der Waals surface area contributed by atoms with Gasteiger partial charge in [0.1, 0.15) is 15.7 Å². The van der Waals surface area contributed by atoms with E-state index in [0.29, 0.717) is 25.9 Å². The quantitative estimate of drug-likeness (QED) is 0.509. The molecule has 0 saturated heterocycles. The second-order valence-corrected chi connectivity index (χ2v) is 11.1. The van der Waals surface area contributed by atoms with Gasteiger partial charge in [0, 0.05) is 49.6 Å². The monoisotopic (exact) mass is 486 g/mol. The Balaban J connectivity index is 1.76. The van der Waals surface area contributed by atoms with Crippen LogP contribution in [-0.2, 0) is 40.5 Å². The Bertz CT molecular complexity index is 1380. The number of anilines is 1. The van der Waals surface area contributed by atoms with Crippen molar-refractivity contribution in [2.45, 2.75) is 51.7 Å². The summed E-state index contributed by atoms with van der Waals surface area (Å²) < 4.78 is 32.1. The Kier molecular flexibility index (Phi) is 6.79. The van der Waals surface area contributed by atoms with Gasteiger partial charge in [0.15, 0.2) is 0 Å². The number of amides is 1. The van der Waals surface area contributed by atoms with E-state index in [2.05, 4.69) is 4.57 Å². The molecule has 2 aromatic heterocycles. The summed E-state index contributed by atoms with van der Waals surface area (Å²) in [4.78, 5) is 31.2. The van der Waals surface area contributed by atoms with Crippen molar-refractivity contribution >= 4 is 32.7 Å². The minimum absolute atomic E-state index is 0.0127. The van der Waals surface area contributed by atoms with Gasteiger partial charge in [-0.2, -0.15) is 0 Å². The van der Waals surface area contributed by atoms with Crippen LogP contribution in [0.4, 0.5) is 10.5 Å². The Morgan fingerprint density at radius 3 is 2.71 bits per heavy atom. The molecular weight excluding hydrogens is 456 g/mol. The first-order valence-electron chi connectivity index (χ1n) is 11.4. The molecule has 0 fully saturated rings. The van der Waals surface area contributed by atoms with Crippen molar-refractivity contribution < 1.29 is 17.9 Å². The fraction of sp³-hybridized carbons (Fsp3) is 0.458. The number of pyridine rings is 1. The molecule has 1 amide bonds. The molecule has 9 nitrogen and oxygen atoms in total. The molecule has 34 heavy (non-hydrogen) atoms. The third-order valence-corrected chi connectivity index (χ3v) is 7.37. The maximum Gasteiger partial charge on any atom is 0.414 e. The molecule has 0 saturated carbocycles. The van der Waals surface area contributed by atoms with Gasteiger partial charge in [-0.1, -0.05) is 6.07 Å². The lowest BCUT2D eigenvalue weighted by atomic mass is 9.96. The fourth-order valence-electron chi connectivity index (χ4n) is 4.64. The summed E-state index contributed by atoms with van der Waals surface area (Å²) >= 11 is 0. The number of hydrogen-bond acceptors (Lipinski definition) is 6. The zero-order chi connectivity index (χ0) is 24.5. The zero-order valence-corrected chi connectivity index (χ0v) is 20.5. The highest BCUT2D eigenvalue weighted by molar-refractivity contribution is 7.90. The van der Waals surface area contributed by atoms with Gasteiger partial charge in [0.25, 0.3) is 5.56 Å². The van der Waals surface area contributed by atoms with Crippen molar-refractivity contribution in [3.63, 3.8) is 0 Å². The van der Waals surface area contributed by atoms with E-state index in [1.165, 1.54) is 19.4 Å². The fourth-order valence-corrected chi connectivity index (χ4v) is 5.30. The standard InChI is InChI=1S/C24H30N4O5S/c1-17-8-9-18-19(28(17)24(30)33-2)10-11-20-23(18)25-21(27(20)14-6-16-34(3,31)32)12-15-26-13-5-4-7-22(26)29/h4-5,7,10-11,13,17H,6,8-9,12,14-16H2,1-3H3/t17-/m0/s1. The Hall–Kier alpha value is -3.14. The van der Waals surface area contributed by atoms with E-state index < -0.39 is 15.9 Å². The summed E-state index contributed by atoms with van der Waals surface area (Å²) in [7, 11) is -1.70. The van der Waals surface area contributed by atoms with Crippen molar-refractivity contribution in [3.05, 3.63) is 58.3 Å². The number of hydrogen-bond donors (Lipinski definition) is 0. The summed E-state index contributed by atoms with van der Waals surface area (Å²) in [5.41, 5.74) is 3.42. The molecule has 10 heteroatoms. The predicted octanol–water partition coefficient (Wildman–Crippen LogP) is 2.78. The molecule has 0 bridgehead atoms. The van der Waals surface area contributed by atoms with E-state index in [4.69, 9.17) is 9.72 Å². The van der Waals surface area contributed by atoms with Crippen molar-refractivity contribution in [2.75, 3.05) is 24.0 Å². The highest BCUT2D eigenvalue weighted by atomic mass is 32.2. The lowest BCUT2D eigenvalue weighted by Gasteiger charge is -2.34. The Labute approximate surface area is 198 Å². The van der Waals surface area contributed by atoms with Crippen LogP contribution >= 0.6 is 0 Å². The predicted molar refractivity (Wildman–Crippen MR) is 131 cm³/mol. The number of aryl methyl sites for hydroxylation is 4. The van der Waals surface area contributed by atoms with Crippen molar-refractivity contribution in [1.82, 2.24) is 14.1 Å². The number of aromatic nitrogens is 3. The van der Waals surface area contributed by atoms with Gasteiger partial charge in [-0.15, -0.1) is 0 Å². The summed E-state index contributed by atoms with van der Waals surface area (Å²) in [5, 5.41) is 0. The maximum absolute atomic E-state index is 12.5. The molecule has 182 valence electrons. The summed E-state index contributed by atoms with van der Waals surface area (Å²) in [5.74, 6) is 0.874. The van der Waals surface area contributed by atoms with E-state index in [-0.39, 0.29) is 17.4 Å². The summed E-state index contributed by atoms with van der Waals surface area (Å²) in [6.07, 6.45) is 5.13. The first kappa shape index (κ1) is 24.0. The Morgan fingerprint density at radius 2 is 2.00 bits per heavy atom. The van der Waals surface area contributed by atoms with Crippen LogP contribution in [0, 0.1) is 0 Å². The van der Waals surface area contributed by atoms with Crippen LogP contribution in [0.2, 0.25) is 0 Å². The number of carbonyl (C=O) groups is 1. The van der Waals surface area contributed by atoms with Crippen molar-refractivity contribution in [2.24, 2.45) is 0 Å². The number of benzene rings is 1. The molecule has 0 N–H and O–H groups in total. The number of sulfone groups is 1. The molecule has 1 atom stereocenters. The van der Waals surface area contributed by atoms with Gasteiger partial charge in [-0.25, -0.2) is 18.2 Å². The largest absolute Gasteiger partial charge is 0.452 e. The molecule has 0 radical (unpaired) electrons. The van der Waals surface area contributed by atoms with E-state index in [1.807, 2.05) is 25.1 Å². The van der Waals surface area contributed by atoms with Crippen LogP contribution in [0.5, 0.6) is 0 Å². The van der Waals surface area contributed by atoms with E-state index >= 15 is 0 Å². The number of nitrogens with zero attached hydrogens (tertiary/aromatic N) is 4. The first-order valence-corrected chi connectivity index (χ1v) is 13.5. The van der Waals surface area contributed by atoms with Crippen LogP contribution < -0.4 is 10.5 Å². The van der Waals surface area contributed by atoms with E-state index in [9.17, 15) is 18.0 Å². The van der Waals surface area contributed by atoms with Crippen LogP contribution in [-0.4, -0.2) is 53.8 Å². The number of ether oxygens (including phenoxy) is 1. The normalized spacial score (nSPS) is 16.0. The summed E-state index contributed by atoms with van der Waals surface area (Å²) in [6, 6.07) is 8.92. The van der Waals surface area contributed by atoms with Gasteiger partial charge in [0.05, 0.1) is 29.6 Å². The SMILES string of the molecule is COC(=O)N1c2ccc3c(nc(CCn4ccccc4=O)n3CCCS(C)(=O)=O)c2CC[C@@H]1C. The van der Waals surface area contributed by atoms with Gasteiger partial charge in [-0.3, -0.25) is 9.69 Å². The molecule has 0 aliphatic carbocycles. The second-order valence-electron chi connectivity index (χ2n) is 8.80. The van der Waals surface area contributed by atoms with Crippen molar-refractivity contribution in [1.29, 1.82) is 0 Å². The minimum Gasteiger partial charge on any atom is -0.452 e. The number of rotatable bonds is 7. The zero-order valence-electron chi connectivity index (χ0n) is 19.7. The maximum atomic E-state index is 12.5. The molecule has 0 unspecified atom stereocenters. The average Bonchev–Trinajstić information content (AvgIpc) is 3.14. The van der Waals surface area contributed by atoms with Crippen LogP contribution in [0.25, 0.3) is 11.0 Å². The van der Waals surface area contributed by atoms with E-state index in [0.717, 1.165) is 41.0 Å². The third-order valence-electron chi connectivity index (χ3n) is 6.34. The van der Waals surface area contributed by atoms with Gasteiger partial charge in [-0.05, 0) is 44.4 Å². The second kappa shape index (κ2) is 9.61. The number of methoxy groups -OCH3 is 1. The van der Waals surface area contributed by atoms with E-state index in [1.54, 1.807) is 21.7 Å². The smallest absolute Gasteiger partial charge is 0.414 e. The summed E-state index contributed by atoms with van der Waals surface area (Å²) in [6.45, 7) is 2.96. The minimum atomic E-state index is -3.08. The number of imidazole rings is 1. The average molecular weight is 487 g/mol. The highest BCUT2D eigenvalue weighted by Crippen LogP contribution is 2.36. The molecule has 3 heterocycles. The molecule has 3 aromatic rings. The Morgan fingerprint density at radius 1 is 1.21 bits per heavy atom. The molecule has 4 rings (SSSR count). The topological polar surface area (TPSA) is 104 Å².